The quantitative estimate of drug-likeness (QED) is 0.254. The van der Waals surface area contributed by atoms with Crippen molar-refractivity contribution >= 4 is 22.6 Å². The summed E-state index contributed by atoms with van der Waals surface area (Å²) in [4.78, 5) is 27.1. The number of nitrogens with zero attached hydrogens (tertiary/aromatic N) is 3. The van der Waals surface area contributed by atoms with Crippen molar-refractivity contribution in [2.24, 2.45) is 5.92 Å². The van der Waals surface area contributed by atoms with Crippen molar-refractivity contribution in [1.82, 2.24) is 14.7 Å². The highest BCUT2D eigenvalue weighted by molar-refractivity contribution is 6.01. The number of benzene rings is 2. The van der Waals surface area contributed by atoms with Gasteiger partial charge in [-0.3, -0.25) is 14.3 Å². The molecule has 38 heavy (non-hydrogen) atoms. The second kappa shape index (κ2) is 10.8. The molecular weight excluding hydrogens is 499 g/mol. The molecule has 0 unspecified atom stereocenters. The number of aryl methyl sites for hydroxylation is 1. The molecule has 2 heterocycles. The number of ether oxygens (including phenoxy) is 2. The second-order valence-corrected chi connectivity index (χ2v) is 10.1. The van der Waals surface area contributed by atoms with Crippen LogP contribution in [0.15, 0.2) is 42.6 Å². The van der Waals surface area contributed by atoms with Gasteiger partial charge in [-0.2, -0.15) is 5.10 Å². The second-order valence-electron chi connectivity index (χ2n) is 10.1. The number of aromatic nitrogens is 2. The van der Waals surface area contributed by atoms with E-state index in [1.807, 2.05) is 29.9 Å². The van der Waals surface area contributed by atoms with Gasteiger partial charge in [0.25, 0.3) is 5.91 Å². The van der Waals surface area contributed by atoms with Crippen molar-refractivity contribution in [2.75, 3.05) is 19.7 Å². The maximum atomic E-state index is 12.8. The molecule has 1 aromatic heterocycles. The maximum absolute atomic E-state index is 12.8. The van der Waals surface area contributed by atoms with Gasteiger partial charge in [-0.05, 0) is 74.6 Å². The van der Waals surface area contributed by atoms with E-state index in [4.69, 9.17) is 4.74 Å². The molecule has 5 rings (SSSR count). The van der Waals surface area contributed by atoms with Gasteiger partial charge in [0.15, 0.2) is 5.78 Å². The molecule has 2 fully saturated rings. The van der Waals surface area contributed by atoms with Crippen molar-refractivity contribution in [1.29, 1.82) is 0 Å². The van der Waals surface area contributed by atoms with Crippen LogP contribution in [0.3, 0.4) is 0 Å². The molecule has 1 aliphatic heterocycles. The van der Waals surface area contributed by atoms with E-state index in [1.54, 1.807) is 4.90 Å². The van der Waals surface area contributed by atoms with Crippen LogP contribution in [0.2, 0.25) is 0 Å². The molecule has 202 valence electrons. The van der Waals surface area contributed by atoms with Gasteiger partial charge in [-0.25, -0.2) is 0 Å². The fraction of sp³-hybridized carbons (Fsp3) is 0.464. The van der Waals surface area contributed by atoms with Gasteiger partial charge in [0.1, 0.15) is 5.75 Å². The Morgan fingerprint density at radius 1 is 1.08 bits per heavy atom. The zero-order valence-electron chi connectivity index (χ0n) is 21.2. The molecule has 3 aromatic rings. The Bertz CT molecular complexity index is 1310. The number of Topliss-reactive ketones (excluding diaryl/α,β-unsaturated/α-hetero) is 1. The summed E-state index contributed by atoms with van der Waals surface area (Å²) in [5.41, 5.74) is 2.76. The first-order valence-electron chi connectivity index (χ1n) is 12.9. The standard InChI is InChI=1S/C28H30F3N3O4/c1-18-23(26(35)6-3-13-37-21-4-2-5-21)11-12-25-24(18)17-34(32-25)16-19-14-33(15-19)27(36)20-7-9-22(10-8-20)38-28(29,30)31/h7-12,17,19,21H,2-6,13-16H2,1H3. The van der Waals surface area contributed by atoms with E-state index >= 15 is 0 Å². The predicted molar refractivity (Wildman–Crippen MR) is 134 cm³/mol. The summed E-state index contributed by atoms with van der Waals surface area (Å²) < 4.78 is 48.4. The summed E-state index contributed by atoms with van der Waals surface area (Å²) in [6, 6.07) is 8.66. The lowest BCUT2D eigenvalue weighted by molar-refractivity contribution is -0.274. The van der Waals surface area contributed by atoms with Crippen LogP contribution in [0.4, 0.5) is 13.2 Å². The molecule has 0 spiro atoms. The molecule has 0 radical (unpaired) electrons. The molecule has 10 heteroatoms. The molecule has 1 saturated carbocycles. The zero-order chi connectivity index (χ0) is 26.9. The number of carbonyl (C=O) groups excluding carboxylic acids is 2. The van der Waals surface area contributed by atoms with Gasteiger partial charge in [-0.1, -0.05) is 0 Å². The van der Waals surface area contributed by atoms with Gasteiger partial charge in [0.05, 0.1) is 11.6 Å². The van der Waals surface area contributed by atoms with Crippen molar-refractivity contribution in [3.63, 3.8) is 0 Å². The Kier molecular flexibility index (Phi) is 7.43. The minimum Gasteiger partial charge on any atom is -0.406 e. The van der Waals surface area contributed by atoms with Crippen LogP contribution in [0, 0.1) is 12.8 Å². The normalized spacial score (nSPS) is 16.4. The average Bonchev–Trinajstić information content (AvgIpc) is 3.23. The number of rotatable bonds is 10. The lowest BCUT2D eigenvalue weighted by atomic mass is 9.96. The number of amides is 1. The van der Waals surface area contributed by atoms with Crippen LogP contribution in [0.1, 0.15) is 58.4 Å². The van der Waals surface area contributed by atoms with Crippen molar-refractivity contribution in [3.8, 4) is 5.75 Å². The monoisotopic (exact) mass is 529 g/mol. The summed E-state index contributed by atoms with van der Waals surface area (Å²) in [5, 5.41) is 5.59. The molecule has 0 atom stereocenters. The average molecular weight is 530 g/mol. The highest BCUT2D eigenvalue weighted by Gasteiger charge is 2.33. The predicted octanol–water partition coefficient (Wildman–Crippen LogP) is 5.55. The van der Waals surface area contributed by atoms with Crippen LogP contribution in [-0.2, 0) is 11.3 Å². The van der Waals surface area contributed by atoms with Gasteiger partial charge < -0.3 is 14.4 Å². The third-order valence-electron chi connectivity index (χ3n) is 7.28. The Balaban J connectivity index is 1.13. The Hall–Kier alpha value is -3.40. The van der Waals surface area contributed by atoms with Crippen LogP contribution in [0.5, 0.6) is 5.75 Å². The number of hydrogen-bond donors (Lipinski definition) is 0. The van der Waals surface area contributed by atoms with Gasteiger partial charge in [-0.15, -0.1) is 13.2 Å². The third-order valence-corrected chi connectivity index (χ3v) is 7.28. The summed E-state index contributed by atoms with van der Waals surface area (Å²) in [6.07, 6.45) is 2.21. The molecule has 1 saturated heterocycles. The Morgan fingerprint density at radius 3 is 2.47 bits per heavy atom. The minimum absolute atomic E-state index is 0.112. The van der Waals surface area contributed by atoms with Crippen molar-refractivity contribution in [3.05, 3.63) is 59.3 Å². The van der Waals surface area contributed by atoms with Crippen molar-refractivity contribution < 1.29 is 32.2 Å². The summed E-state index contributed by atoms with van der Waals surface area (Å²) in [7, 11) is 0. The summed E-state index contributed by atoms with van der Waals surface area (Å²) >= 11 is 0. The molecule has 0 N–H and O–H groups in total. The molecular formula is C28H30F3N3O4. The number of fused-ring (bicyclic) bond motifs is 1. The van der Waals surface area contributed by atoms with E-state index < -0.39 is 6.36 Å². The van der Waals surface area contributed by atoms with E-state index in [0.29, 0.717) is 56.3 Å². The van der Waals surface area contributed by atoms with E-state index in [0.717, 1.165) is 41.4 Å². The maximum Gasteiger partial charge on any atom is 0.573 e. The summed E-state index contributed by atoms with van der Waals surface area (Å²) in [6.45, 7) is 4.25. The van der Waals surface area contributed by atoms with Gasteiger partial charge >= 0.3 is 6.36 Å². The number of alkyl halides is 3. The first-order valence-corrected chi connectivity index (χ1v) is 12.9. The summed E-state index contributed by atoms with van der Waals surface area (Å²) in [5.74, 6) is -0.277. The number of halogens is 3. The van der Waals surface area contributed by atoms with Gasteiger partial charge in [0.2, 0.25) is 0 Å². The molecule has 7 nitrogen and oxygen atoms in total. The van der Waals surface area contributed by atoms with Crippen LogP contribution < -0.4 is 4.74 Å². The molecule has 2 aliphatic rings. The molecule has 1 amide bonds. The van der Waals surface area contributed by atoms with Crippen LogP contribution in [0.25, 0.3) is 10.9 Å². The highest BCUT2D eigenvalue weighted by Crippen LogP contribution is 2.27. The molecule has 1 aliphatic carbocycles. The smallest absolute Gasteiger partial charge is 0.406 e. The highest BCUT2D eigenvalue weighted by atomic mass is 19.4. The van der Waals surface area contributed by atoms with Crippen LogP contribution in [-0.4, -0.2) is 58.5 Å². The van der Waals surface area contributed by atoms with E-state index in [-0.39, 0.29) is 23.4 Å². The lowest BCUT2D eigenvalue weighted by Gasteiger charge is -2.39. The van der Waals surface area contributed by atoms with Gasteiger partial charge in [0, 0.05) is 61.3 Å². The SMILES string of the molecule is Cc1c(C(=O)CCCOC2CCC2)ccc2nn(CC3CN(C(=O)c4ccc(OC(F)(F)F)cc4)C3)cc12. The van der Waals surface area contributed by atoms with E-state index in [1.165, 1.54) is 18.6 Å². The fourth-order valence-corrected chi connectivity index (χ4v) is 4.93. The van der Waals surface area contributed by atoms with Crippen molar-refractivity contribution in [2.45, 2.75) is 58.0 Å². The third kappa shape index (κ3) is 6.01. The van der Waals surface area contributed by atoms with Crippen LogP contribution >= 0.6 is 0 Å². The minimum atomic E-state index is -4.77. The number of likely N-dealkylation sites (tertiary alicyclic amines) is 1. The molecule has 0 bridgehead atoms. The number of carbonyl (C=O) groups is 2. The Labute approximate surface area is 218 Å². The Morgan fingerprint density at radius 2 is 1.82 bits per heavy atom. The number of hydrogen-bond acceptors (Lipinski definition) is 5. The fourth-order valence-electron chi connectivity index (χ4n) is 4.93. The van der Waals surface area contributed by atoms with E-state index in [2.05, 4.69) is 9.84 Å². The first-order chi connectivity index (χ1) is 18.2. The number of ketones is 1. The topological polar surface area (TPSA) is 73.7 Å². The lowest BCUT2D eigenvalue weighted by Crippen LogP contribution is -2.51. The zero-order valence-corrected chi connectivity index (χ0v) is 21.2. The largest absolute Gasteiger partial charge is 0.573 e. The van der Waals surface area contributed by atoms with E-state index in [9.17, 15) is 22.8 Å². The molecule has 2 aromatic carbocycles. The first kappa shape index (κ1) is 26.2.